The van der Waals surface area contributed by atoms with Gasteiger partial charge in [0.05, 0.1) is 31.3 Å². The summed E-state index contributed by atoms with van der Waals surface area (Å²) in [6, 6.07) is -1.59. The predicted octanol–water partition coefficient (Wildman–Crippen LogP) is 1.04. The zero-order valence-corrected chi connectivity index (χ0v) is 18.4. The van der Waals surface area contributed by atoms with E-state index in [1.807, 2.05) is 32.1 Å². The van der Waals surface area contributed by atoms with Gasteiger partial charge in [0.2, 0.25) is 11.8 Å². The van der Waals surface area contributed by atoms with Gasteiger partial charge in [0.25, 0.3) is 0 Å². The van der Waals surface area contributed by atoms with Crippen LogP contribution in [0, 0.1) is 11.8 Å². The van der Waals surface area contributed by atoms with Crippen molar-refractivity contribution >= 4 is 17.8 Å². The summed E-state index contributed by atoms with van der Waals surface area (Å²) in [7, 11) is 0. The van der Waals surface area contributed by atoms with E-state index in [0.717, 1.165) is 19.3 Å². The molecule has 0 aromatic rings. The van der Waals surface area contributed by atoms with Crippen molar-refractivity contribution in [1.82, 2.24) is 9.80 Å². The summed E-state index contributed by atoms with van der Waals surface area (Å²) in [6.45, 7) is 5.97. The first-order chi connectivity index (χ1) is 14.8. The number of amides is 2. The minimum absolute atomic E-state index is 0.0697. The number of carbonyl (C=O) groups excluding carboxylic acids is 3. The summed E-state index contributed by atoms with van der Waals surface area (Å²) < 4.78 is 12.0. The maximum absolute atomic E-state index is 13.7. The number of carbonyl (C=O) groups is 3. The molecule has 4 aliphatic rings. The molecule has 170 valence electrons. The van der Waals surface area contributed by atoms with Crippen LogP contribution in [0.2, 0.25) is 0 Å². The highest BCUT2D eigenvalue weighted by Crippen LogP contribution is 2.53. The number of nitrogens with zero attached hydrogens (tertiary/aromatic N) is 2. The van der Waals surface area contributed by atoms with Gasteiger partial charge in [-0.25, -0.2) is 0 Å². The van der Waals surface area contributed by atoms with Gasteiger partial charge in [-0.1, -0.05) is 24.3 Å². The third-order valence-electron chi connectivity index (χ3n) is 6.93. The number of hydrogen-bond acceptors (Lipinski definition) is 6. The molecule has 8 heteroatoms. The van der Waals surface area contributed by atoms with Crippen LogP contribution in [0.1, 0.15) is 40.0 Å². The molecule has 0 aromatic heterocycles. The molecule has 2 saturated heterocycles. The lowest BCUT2D eigenvalue weighted by molar-refractivity contribution is -0.156. The largest absolute Gasteiger partial charge is 0.465 e. The van der Waals surface area contributed by atoms with E-state index in [1.54, 1.807) is 17.9 Å². The highest BCUT2D eigenvalue weighted by molar-refractivity contribution is 5.99. The lowest BCUT2D eigenvalue weighted by Gasteiger charge is -2.38. The van der Waals surface area contributed by atoms with Gasteiger partial charge in [-0.3, -0.25) is 14.4 Å². The van der Waals surface area contributed by atoms with Crippen molar-refractivity contribution in [2.24, 2.45) is 11.8 Å². The number of ether oxygens (including phenoxy) is 2. The van der Waals surface area contributed by atoms with Gasteiger partial charge in [0, 0.05) is 12.6 Å². The molecule has 4 heterocycles. The van der Waals surface area contributed by atoms with Crippen LogP contribution in [0.5, 0.6) is 0 Å². The monoisotopic (exact) mass is 432 g/mol. The number of esters is 1. The zero-order valence-electron chi connectivity index (χ0n) is 18.4. The number of fused-ring (bicyclic) bond motifs is 2. The van der Waals surface area contributed by atoms with Crippen molar-refractivity contribution < 1.29 is 29.0 Å². The third-order valence-corrected chi connectivity index (χ3v) is 6.93. The van der Waals surface area contributed by atoms with E-state index in [1.165, 1.54) is 4.90 Å². The maximum Gasteiger partial charge on any atom is 0.312 e. The minimum atomic E-state index is -1.27. The van der Waals surface area contributed by atoms with Crippen molar-refractivity contribution in [1.29, 1.82) is 0 Å². The lowest BCUT2D eigenvalue weighted by atomic mass is 9.78. The maximum atomic E-state index is 13.7. The Balaban J connectivity index is 1.84. The Morgan fingerprint density at radius 3 is 2.65 bits per heavy atom. The number of aliphatic hydroxyl groups excluding tert-OH is 1. The number of cyclic esters (lactones) is 1. The molecule has 31 heavy (non-hydrogen) atoms. The average Bonchev–Trinajstić information content (AvgIpc) is 3.13. The first-order valence-electron chi connectivity index (χ1n) is 11.3. The van der Waals surface area contributed by atoms with Crippen molar-refractivity contribution in [2.75, 3.05) is 19.8 Å². The molecule has 0 aliphatic carbocycles. The Hall–Kier alpha value is -2.19. The van der Waals surface area contributed by atoms with E-state index in [2.05, 4.69) is 0 Å². The average molecular weight is 433 g/mol. The second-order valence-electron chi connectivity index (χ2n) is 9.20. The highest BCUT2D eigenvalue weighted by Gasteiger charge is 2.72. The highest BCUT2D eigenvalue weighted by atomic mass is 16.6. The van der Waals surface area contributed by atoms with E-state index in [9.17, 15) is 19.5 Å². The van der Waals surface area contributed by atoms with Crippen molar-refractivity contribution in [3.63, 3.8) is 0 Å². The quantitative estimate of drug-likeness (QED) is 0.529. The Kier molecular flexibility index (Phi) is 5.96. The predicted molar refractivity (Wildman–Crippen MR) is 112 cm³/mol. The van der Waals surface area contributed by atoms with Crippen LogP contribution < -0.4 is 0 Å². The minimum Gasteiger partial charge on any atom is -0.465 e. The molecule has 0 saturated carbocycles. The smallest absolute Gasteiger partial charge is 0.312 e. The summed E-state index contributed by atoms with van der Waals surface area (Å²) in [4.78, 5) is 43.7. The van der Waals surface area contributed by atoms with Gasteiger partial charge in [0.15, 0.2) is 0 Å². The third kappa shape index (κ3) is 3.40. The van der Waals surface area contributed by atoms with Crippen LogP contribution in [-0.4, -0.2) is 82.3 Å². The van der Waals surface area contributed by atoms with Crippen LogP contribution in [-0.2, 0) is 23.9 Å². The lowest BCUT2D eigenvalue weighted by Crippen LogP contribution is -2.58. The molecular formula is C23H32N2O6. The zero-order chi connectivity index (χ0) is 22.3. The fourth-order valence-corrected chi connectivity index (χ4v) is 5.40. The Labute approximate surface area is 182 Å². The molecule has 0 bridgehead atoms. The number of likely N-dealkylation sites (tertiary alicyclic amines) is 1. The van der Waals surface area contributed by atoms with E-state index >= 15 is 0 Å². The molecule has 4 aliphatic heterocycles. The first kappa shape index (κ1) is 22.0. The van der Waals surface area contributed by atoms with Crippen LogP contribution >= 0.6 is 0 Å². The molecule has 6 atom stereocenters. The summed E-state index contributed by atoms with van der Waals surface area (Å²) in [5.74, 6) is -2.74. The summed E-state index contributed by atoms with van der Waals surface area (Å²) >= 11 is 0. The number of rotatable bonds is 3. The van der Waals surface area contributed by atoms with Gasteiger partial charge in [-0.2, -0.15) is 0 Å². The summed E-state index contributed by atoms with van der Waals surface area (Å²) in [5, 5.41) is 9.85. The Morgan fingerprint density at radius 2 is 1.94 bits per heavy atom. The molecule has 4 rings (SSSR count). The molecule has 0 aromatic carbocycles. The standard InChI is InChI=1S/C23H32N2O6/c1-14(2)24-11-8-10-23-18(20(27)25(15(3)13-26)19(23)21(24)28)17-16(31-23)9-6-4-5-7-12-30-22(17)29/h6,8-10,14-19,26H,4-5,7,11-13H2,1-3H3/b9-6-/t15-,16+,17-,18+,19?,23+/m1/s1. The molecule has 2 fully saturated rings. The topological polar surface area (TPSA) is 96.4 Å². The van der Waals surface area contributed by atoms with E-state index in [4.69, 9.17) is 9.47 Å². The Bertz CT molecular complexity index is 808. The second-order valence-corrected chi connectivity index (χ2v) is 9.20. The second kappa shape index (κ2) is 8.39. The van der Waals surface area contributed by atoms with Crippen molar-refractivity contribution in [2.45, 2.75) is 69.9 Å². The molecule has 8 nitrogen and oxygen atoms in total. The fourth-order valence-electron chi connectivity index (χ4n) is 5.40. The van der Waals surface area contributed by atoms with Crippen LogP contribution in [0.15, 0.2) is 24.3 Å². The van der Waals surface area contributed by atoms with Gasteiger partial charge >= 0.3 is 5.97 Å². The summed E-state index contributed by atoms with van der Waals surface area (Å²) in [5.41, 5.74) is -1.27. The summed E-state index contributed by atoms with van der Waals surface area (Å²) in [6.07, 6.45) is 9.36. The molecular weight excluding hydrogens is 400 g/mol. The molecule has 0 radical (unpaired) electrons. The number of aliphatic hydroxyl groups is 1. The van der Waals surface area contributed by atoms with Crippen molar-refractivity contribution in [3.05, 3.63) is 24.3 Å². The molecule has 1 spiro atoms. The van der Waals surface area contributed by atoms with E-state index in [-0.39, 0.29) is 24.5 Å². The van der Waals surface area contributed by atoms with E-state index in [0.29, 0.717) is 13.2 Å². The van der Waals surface area contributed by atoms with Crippen LogP contribution in [0.25, 0.3) is 0 Å². The fraction of sp³-hybridized carbons (Fsp3) is 0.696. The van der Waals surface area contributed by atoms with Gasteiger partial charge < -0.3 is 24.4 Å². The first-order valence-corrected chi connectivity index (χ1v) is 11.3. The molecule has 1 N–H and O–H groups in total. The van der Waals surface area contributed by atoms with Crippen LogP contribution in [0.3, 0.4) is 0 Å². The molecule has 2 amide bonds. The van der Waals surface area contributed by atoms with Crippen LogP contribution in [0.4, 0.5) is 0 Å². The van der Waals surface area contributed by atoms with Crippen molar-refractivity contribution in [3.8, 4) is 0 Å². The van der Waals surface area contributed by atoms with E-state index < -0.39 is 41.6 Å². The number of hydrogen-bond donors (Lipinski definition) is 1. The normalized spacial score (nSPS) is 37.8. The molecule has 1 unspecified atom stereocenters. The SMILES string of the molecule is CC(C)N1CC=C[C@]23O[C@H]4/C=C\CCCCOC(=O)[C@H]4[C@H]2C(=O)N([C@H](C)CO)C3C1=O. The Morgan fingerprint density at radius 1 is 1.16 bits per heavy atom. The van der Waals surface area contributed by atoms with Gasteiger partial charge in [-0.05, 0) is 40.0 Å². The van der Waals surface area contributed by atoms with Gasteiger partial charge in [-0.15, -0.1) is 0 Å². The van der Waals surface area contributed by atoms with Gasteiger partial charge in [0.1, 0.15) is 17.6 Å². The number of allylic oxidation sites excluding steroid dienone is 1.